The average Bonchev–Trinajstić information content (AvgIpc) is 3.75. The first-order valence-electron chi connectivity index (χ1n) is 22.7. The zero-order valence-electron chi connectivity index (χ0n) is 37.4. The number of fused-ring (bicyclic) bond motifs is 2. The molecule has 0 bridgehead atoms. The van der Waals surface area contributed by atoms with Crippen LogP contribution in [0.5, 0.6) is 0 Å². The van der Waals surface area contributed by atoms with Crippen molar-refractivity contribution in [3.8, 4) is 0 Å². The third-order valence-electron chi connectivity index (χ3n) is 13.3. The first kappa shape index (κ1) is 44.6. The number of nitrogens with zero attached hydrogens (tertiary/aromatic N) is 6. The van der Waals surface area contributed by atoms with Crippen molar-refractivity contribution in [2.24, 2.45) is 16.1 Å². The normalized spacial score (nSPS) is 21.9. The molecule has 13 nitrogen and oxygen atoms in total. The van der Waals surface area contributed by atoms with E-state index in [0.29, 0.717) is 41.9 Å². The van der Waals surface area contributed by atoms with E-state index in [1.165, 1.54) is 10.0 Å². The minimum atomic E-state index is -3.19. The molecule has 0 unspecified atom stereocenters. The van der Waals surface area contributed by atoms with Gasteiger partial charge in [-0.2, -0.15) is 10.2 Å². The van der Waals surface area contributed by atoms with Gasteiger partial charge in [0.15, 0.2) is 13.9 Å². The van der Waals surface area contributed by atoms with Crippen molar-refractivity contribution in [3.05, 3.63) is 161 Å². The third-order valence-corrected chi connectivity index (χ3v) is 15.8. The van der Waals surface area contributed by atoms with Crippen LogP contribution in [0, 0.1) is 5.92 Å². The Morgan fingerprint density at radius 2 is 1.29 bits per heavy atom. The Morgan fingerprint density at radius 1 is 0.742 bits per heavy atom. The number of amides is 4. The van der Waals surface area contributed by atoms with Gasteiger partial charge in [-0.15, -0.1) is 0 Å². The van der Waals surface area contributed by atoms with Crippen LogP contribution in [0.3, 0.4) is 0 Å². The largest absolute Gasteiger partial charge is 0.432 e. The van der Waals surface area contributed by atoms with Crippen LogP contribution in [0.25, 0.3) is 0 Å². The van der Waals surface area contributed by atoms with E-state index >= 15 is 4.79 Å². The molecule has 338 valence electrons. The van der Waals surface area contributed by atoms with E-state index in [2.05, 4.69) is 0 Å². The highest BCUT2D eigenvalue weighted by atomic mass is 28.4. The van der Waals surface area contributed by atoms with E-state index in [9.17, 15) is 24.3 Å². The molecule has 4 aliphatic heterocycles. The number of hydrogen-bond donors (Lipinski definition) is 2. The van der Waals surface area contributed by atoms with Crippen molar-refractivity contribution >= 4 is 60.4 Å². The van der Waals surface area contributed by atoms with Crippen molar-refractivity contribution < 1.29 is 33.8 Å². The Balaban J connectivity index is 1.08. The number of hydrazone groups is 2. The van der Waals surface area contributed by atoms with Crippen LogP contribution in [0.4, 0.5) is 17.1 Å². The summed E-state index contributed by atoms with van der Waals surface area (Å²) in [5, 5.41) is 22.4. The second kappa shape index (κ2) is 18.4. The van der Waals surface area contributed by atoms with Crippen molar-refractivity contribution in [2.75, 3.05) is 28.1 Å². The van der Waals surface area contributed by atoms with Gasteiger partial charge in [-0.05, 0) is 65.7 Å². The molecule has 4 atom stereocenters. The lowest BCUT2D eigenvalue weighted by atomic mass is 9.82. The topological polar surface area (TPSA) is 156 Å². The van der Waals surface area contributed by atoms with Gasteiger partial charge in [0.1, 0.15) is 0 Å². The standard InChI is InChI=1S/C52H54N6O7Si/c1-35-50(66(2,3)64)46(32-49(62)55(29-30-59)33-36-13-7-4-8-14-36)65-52(35)42-31-41(58-48(61)28-25-44(54-58)39-17-11-6-12-18-39)23-26-45(42)56(51(52)63)34-37-19-21-40(22-20-37)57-47(60)27-24-43(53-57)38-15-9-5-10-16-38/h4-23,26,31,35,46,50,59,64H,24-25,27-30,32-34H2,1-3H3/t35-,46+,50-,52+/m0/s1. The molecule has 4 amide bonds. The minimum absolute atomic E-state index is 0.102. The van der Waals surface area contributed by atoms with Gasteiger partial charge < -0.3 is 24.4 Å². The maximum atomic E-state index is 15.5. The second-order valence-electron chi connectivity index (χ2n) is 18.1. The Labute approximate surface area is 385 Å². The molecule has 66 heavy (non-hydrogen) atoms. The van der Waals surface area contributed by atoms with E-state index in [4.69, 9.17) is 14.9 Å². The molecule has 0 radical (unpaired) electrons. The maximum Gasteiger partial charge on any atom is 0.264 e. The molecule has 14 heteroatoms. The van der Waals surface area contributed by atoms with Gasteiger partial charge in [-0.3, -0.25) is 19.2 Å². The Kier molecular flexibility index (Phi) is 12.4. The van der Waals surface area contributed by atoms with E-state index in [0.717, 1.165) is 33.7 Å². The lowest BCUT2D eigenvalue weighted by Crippen LogP contribution is -2.46. The lowest BCUT2D eigenvalue weighted by Gasteiger charge is -2.33. The molecule has 9 rings (SSSR count). The Bertz CT molecular complexity index is 2690. The molecule has 4 aliphatic rings. The summed E-state index contributed by atoms with van der Waals surface area (Å²) in [7, 11) is -3.19. The Morgan fingerprint density at radius 3 is 1.85 bits per heavy atom. The van der Waals surface area contributed by atoms with Crippen LogP contribution >= 0.6 is 0 Å². The lowest BCUT2D eigenvalue weighted by molar-refractivity contribution is -0.150. The third kappa shape index (κ3) is 8.52. The van der Waals surface area contributed by atoms with Crippen LogP contribution in [0.15, 0.2) is 144 Å². The number of aliphatic hydroxyl groups excluding tert-OH is 1. The molecule has 0 aromatic heterocycles. The molecule has 0 aliphatic carbocycles. The SMILES string of the molecule is C[C@H]1[C@H]([Si](C)(C)O)[C@@H](CC(=O)N(CCO)Cc2ccccc2)O[C@]12C(=O)N(Cc1ccc(N3N=C(c4ccccc4)CCC3=O)cc1)c1ccc(N3N=C(c4ccccc4)CCC3=O)cc12. The van der Waals surface area contributed by atoms with Gasteiger partial charge in [-0.1, -0.05) is 110 Å². The van der Waals surface area contributed by atoms with E-state index in [1.54, 1.807) is 15.9 Å². The molecule has 1 spiro atoms. The minimum Gasteiger partial charge on any atom is -0.432 e. The van der Waals surface area contributed by atoms with E-state index < -0.39 is 31.5 Å². The Hall–Kier alpha value is -6.58. The summed E-state index contributed by atoms with van der Waals surface area (Å²) in [6.07, 6.45) is 0.631. The van der Waals surface area contributed by atoms with Gasteiger partial charge in [0.05, 0.1) is 54.2 Å². The molecule has 2 N–H and O–H groups in total. The zero-order chi connectivity index (χ0) is 46.2. The molecule has 4 heterocycles. The van der Waals surface area contributed by atoms with E-state index in [1.807, 2.05) is 147 Å². The number of carbonyl (C=O) groups excluding carboxylic acids is 4. The van der Waals surface area contributed by atoms with Crippen LogP contribution in [-0.4, -0.2) is 77.4 Å². The second-order valence-corrected chi connectivity index (χ2v) is 22.1. The molecular weight excluding hydrogens is 849 g/mol. The van der Waals surface area contributed by atoms with Crippen molar-refractivity contribution in [3.63, 3.8) is 0 Å². The van der Waals surface area contributed by atoms with Gasteiger partial charge in [0.2, 0.25) is 17.7 Å². The fraction of sp³-hybridized carbons (Fsp3) is 0.308. The van der Waals surface area contributed by atoms with Crippen molar-refractivity contribution in [1.82, 2.24) is 4.90 Å². The summed E-state index contributed by atoms with van der Waals surface area (Å²) in [6.45, 7) is 5.82. The summed E-state index contributed by atoms with van der Waals surface area (Å²) in [6, 6.07) is 41.9. The predicted octanol–water partition coefficient (Wildman–Crippen LogP) is 7.50. The summed E-state index contributed by atoms with van der Waals surface area (Å²) in [5.41, 5.74) is 5.13. The predicted molar refractivity (Wildman–Crippen MR) is 256 cm³/mol. The van der Waals surface area contributed by atoms with Crippen LogP contribution in [-0.2, 0) is 42.6 Å². The quantitative estimate of drug-likeness (QED) is 0.116. The zero-order valence-corrected chi connectivity index (χ0v) is 38.4. The molecule has 5 aromatic rings. The number of aliphatic hydroxyl groups is 1. The highest BCUT2D eigenvalue weighted by Gasteiger charge is 2.66. The van der Waals surface area contributed by atoms with Gasteiger partial charge in [0.25, 0.3) is 5.91 Å². The fourth-order valence-corrected chi connectivity index (χ4v) is 12.7. The fourth-order valence-electron chi connectivity index (χ4n) is 10.2. The summed E-state index contributed by atoms with van der Waals surface area (Å²) < 4.78 is 7.11. The number of benzene rings is 5. The molecule has 5 aromatic carbocycles. The summed E-state index contributed by atoms with van der Waals surface area (Å²) >= 11 is 0. The summed E-state index contributed by atoms with van der Waals surface area (Å²) in [4.78, 5) is 72.0. The number of hydrogen-bond acceptors (Lipinski definition) is 9. The number of ether oxygens (including phenoxy) is 1. The molecule has 0 saturated carbocycles. The van der Waals surface area contributed by atoms with Crippen LogP contribution < -0.4 is 14.9 Å². The van der Waals surface area contributed by atoms with Crippen LogP contribution in [0.1, 0.15) is 66.8 Å². The number of anilines is 3. The van der Waals surface area contributed by atoms with E-state index in [-0.39, 0.29) is 62.7 Å². The van der Waals surface area contributed by atoms with Gasteiger partial charge >= 0.3 is 0 Å². The summed E-state index contributed by atoms with van der Waals surface area (Å²) in [5.74, 6) is -1.51. The monoisotopic (exact) mass is 902 g/mol. The van der Waals surface area contributed by atoms with Gasteiger partial charge in [-0.25, -0.2) is 10.0 Å². The molecule has 1 saturated heterocycles. The first-order valence-corrected chi connectivity index (χ1v) is 25.7. The number of carbonyl (C=O) groups is 4. The smallest absolute Gasteiger partial charge is 0.264 e. The van der Waals surface area contributed by atoms with Crippen molar-refractivity contribution in [1.29, 1.82) is 0 Å². The highest BCUT2D eigenvalue weighted by Crippen LogP contribution is 2.60. The highest BCUT2D eigenvalue weighted by molar-refractivity contribution is 6.71. The molecule has 1 fully saturated rings. The maximum absolute atomic E-state index is 15.5. The number of rotatable bonds is 13. The molecular formula is C52H54N6O7Si. The first-order chi connectivity index (χ1) is 31.8. The average molecular weight is 903 g/mol. The van der Waals surface area contributed by atoms with Crippen LogP contribution in [0.2, 0.25) is 18.6 Å². The van der Waals surface area contributed by atoms with Gasteiger partial charge in [0, 0.05) is 55.8 Å². The van der Waals surface area contributed by atoms with Crippen molar-refractivity contribution in [2.45, 2.75) is 82.5 Å².